The van der Waals surface area contributed by atoms with Crippen LogP contribution >= 0.6 is 34.7 Å². The molecule has 8 nitrogen and oxygen atoms in total. The van der Waals surface area contributed by atoms with Gasteiger partial charge in [0.15, 0.2) is 11.0 Å². The maximum Gasteiger partial charge on any atom is 0.236 e. The molecule has 3 rings (SSSR count). The number of nitrogens with zero attached hydrogens (tertiary/aromatic N) is 5. The fraction of sp³-hybridized carbons (Fsp3) is 0.312. The predicted octanol–water partition coefficient (Wildman–Crippen LogP) is 3.33. The second-order valence-corrected chi connectivity index (χ2v) is 7.93. The summed E-state index contributed by atoms with van der Waals surface area (Å²) in [5, 5.41) is 20.6. The molecule has 0 radical (unpaired) electrons. The molecule has 0 saturated heterocycles. The van der Waals surface area contributed by atoms with Crippen LogP contribution in [0.2, 0.25) is 5.02 Å². The lowest BCUT2D eigenvalue weighted by molar-refractivity contribution is -0.113. The van der Waals surface area contributed by atoms with Crippen LogP contribution < -0.4 is 10.1 Å². The van der Waals surface area contributed by atoms with Crippen LogP contribution in [-0.2, 0) is 24.9 Å². The van der Waals surface area contributed by atoms with Crippen molar-refractivity contribution in [1.29, 1.82) is 0 Å². The van der Waals surface area contributed by atoms with Gasteiger partial charge in [0.25, 0.3) is 0 Å². The maximum atomic E-state index is 13.2. The smallest absolute Gasteiger partial charge is 0.236 e. The van der Waals surface area contributed by atoms with E-state index in [1.165, 1.54) is 41.3 Å². The molecule has 0 spiro atoms. The van der Waals surface area contributed by atoms with Gasteiger partial charge in [0.2, 0.25) is 11.0 Å². The maximum absolute atomic E-state index is 13.2. The normalized spacial score (nSPS) is 10.9. The number of halogens is 2. The zero-order chi connectivity index (χ0) is 20.1. The summed E-state index contributed by atoms with van der Waals surface area (Å²) in [7, 11) is 1.77. The Morgan fingerprint density at radius 3 is 2.89 bits per heavy atom. The third kappa shape index (κ3) is 5.18. The first-order valence-corrected chi connectivity index (χ1v) is 10.4. The van der Waals surface area contributed by atoms with Crippen LogP contribution in [0.1, 0.15) is 17.8 Å². The SMILES string of the molecule is CCc1nnc(NC(=O)CSc2nnc(COc3ccc(F)c(Cl)c3)n2C)s1. The minimum atomic E-state index is -0.510. The zero-order valence-electron chi connectivity index (χ0n) is 15.0. The Hall–Kier alpha value is -2.24. The first kappa shape index (κ1) is 20.5. The van der Waals surface area contributed by atoms with Crippen LogP contribution in [0, 0.1) is 5.82 Å². The number of benzene rings is 1. The van der Waals surface area contributed by atoms with E-state index in [9.17, 15) is 9.18 Å². The topological polar surface area (TPSA) is 94.8 Å². The van der Waals surface area contributed by atoms with Crippen molar-refractivity contribution in [3.8, 4) is 5.75 Å². The van der Waals surface area contributed by atoms with Crippen molar-refractivity contribution in [2.75, 3.05) is 11.1 Å². The second kappa shape index (κ2) is 9.30. The van der Waals surface area contributed by atoms with Crippen LogP contribution in [0.3, 0.4) is 0 Å². The van der Waals surface area contributed by atoms with E-state index in [1.54, 1.807) is 11.6 Å². The molecule has 0 aliphatic heterocycles. The number of hydrogen-bond donors (Lipinski definition) is 1. The molecule has 0 fully saturated rings. The van der Waals surface area contributed by atoms with Gasteiger partial charge < -0.3 is 9.30 Å². The van der Waals surface area contributed by atoms with Gasteiger partial charge >= 0.3 is 0 Å². The number of hydrogen-bond acceptors (Lipinski definition) is 8. The summed E-state index contributed by atoms with van der Waals surface area (Å²) in [6, 6.07) is 4.11. The second-order valence-electron chi connectivity index (χ2n) is 5.51. The van der Waals surface area contributed by atoms with Gasteiger partial charge in [0, 0.05) is 13.1 Å². The molecule has 148 valence electrons. The van der Waals surface area contributed by atoms with Crippen molar-refractivity contribution in [2.24, 2.45) is 7.05 Å². The van der Waals surface area contributed by atoms with E-state index in [1.807, 2.05) is 6.92 Å². The largest absolute Gasteiger partial charge is 0.486 e. The number of rotatable bonds is 8. The minimum absolute atomic E-state index is 0.0146. The van der Waals surface area contributed by atoms with Gasteiger partial charge in [-0.3, -0.25) is 10.1 Å². The van der Waals surface area contributed by atoms with Gasteiger partial charge in [-0.25, -0.2) is 4.39 Å². The molecule has 12 heteroatoms. The molecule has 3 aromatic rings. The van der Waals surface area contributed by atoms with Gasteiger partial charge in [0.1, 0.15) is 23.2 Å². The quantitative estimate of drug-likeness (QED) is 0.534. The van der Waals surface area contributed by atoms with E-state index in [-0.39, 0.29) is 23.3 Å². The van der Waals surface area contributed by atoms with Crippen LogP contribution in [-0.4, -0.2) is 36.6 Å². The van der Waals surface area contributed by atoms with E-state index >= 15 is 0 Å². The van der Waals surface area contributed by atoms with Gasteiger partial charge in [-0.15, -0.1) is 20.4 Å². The monoisotopic (exact) mass is 442 g/mol. The Balaban J connectivity index is 1.52. The van der Waals surface area contributed by atoms with Crippen molar-refractivity contribution >= 4 is 45.7 Å². The Bertz CT molecular complexity index is 980. The lowest BCUT2D eigenvalue weighted by Crippen LogP contribution is -2.14. The molecule has 0 aliphatic carbocycles. The number of nitrogens with one attached hydrogen (secondary N) is 1. The molecule has 2 heterocycles. The molecule has 1 amide bonds. The number of carbonyl (C=O) groups is 1. The molecule has 0 atom stereocenters. The van der Waals surface area contributed by atoms with E-state index in [0.717, 1.165) is 11.4 Å². The summed E-state index contributed by atoms with van der Waals surface area (Å²) < 4.78 is 20.5. The van der Waals surface area contributed by atoms with Crippen LogP contribution in [0.25, 0.3) is 0 Å². The molecule has 2 aromatic heterocycles. The summed E-state index contributed by atoms with van der Waals surface area (Å²) in [6.45, 7) is 2.10. The third-order valence-electron chi connectivity index (χ3n) is 3.53. The van der Waals surface area contributed by atoms with Crippen LogP contribution in [0.5, 0.6) is 5.75 Å². The summed E-state index contributed by atoms with van der Waals surface area (Å²) in [6.07, 6.45) is 0.774. The van der Waals surface area contributed by atoms with Crippen molar-refractivity contribution in [1.82, 2.24) is 25.0 Å². The van der Waals surface area contributed by atoms with Gasteiger partial charge in [-0.1, -0.05) is 41.6 Å². The van der Waals surface area contributed by atoms with Gasteiger partial charge in [-0.2, -0.15) is 0 Å². The van der Waals surface area contributed by atoms with Gasteiger partial charge in [0.05, 0.1) is 10.8 Å². The molecule has 28 heavy (non-hydrogen) atoms. The van der Waals surface area contributed by atoms with E-state index < -0.39 is 5.82 Å². The molecule has 0 unspecified atom stereocenters. The zero-order valence-corrected chi connectivity index (χ0v) is 17.4. The van der Waals surface area contributed by atoms with E-state index in [2.05, 4.69) is 25.7 Å². The average molecular weight is 443 g/mol. The van der Waals surface area contributed by atoms with Crippen LogP contribution in [0.4, 0.5) is 9.52 Å². The number of anilines is 1. The fourth-order valence-corrected chi connectivity index (χ4v) is 3.64. The standard InChI is InChI=1S/C16H16ClFN6O2S2/c1-3-14-21-22-15(28-14)19-13(25)8-27-16-23-20-12(24(16)2)7-26-9-4-5-11(18)10(17)6-9/h4-6H,3,7-8H2,1-2H3,(H,19,22,25). The third-order valence-corrected chi connectivity index (χ3v) is 5.82. The van der Waals surface area contributed by atoms with Crippen molar-refractivity contribution in [3.63, 3.8) is 0 Å². The van der Waals surface area contributed by atoms with Crippen molar-refractivity contribution in [3.05, 3.63) is 39.9 Å². The van der Waals surface area contributed by atoms with Crippen molar-refractivity contribution in [2.45, 2.75) is 25.1 Å². The Labute approximate surface area is 173 Å². The van der Waals surface area contributed by atoms with Crippen LogP contribution in [0.15, 0.2) is 23.4 Å². The minimum Gasteiger partial charge on any atom is -0.486 e. The number of carbonyl (C=O) groups excluding carboxylic acids is 1. The highest BCUT2D eigenvalue weighted by Crippen LogP contribution is 2.23. The lowest BCUT2D eigenvalue weighted by atomic mass is 10.3. The lowest BCUT2D eigenvalue weighted by Gasteiger charge is -2.07. The summed E-state index contributed by atoms with van der Waals surface area (Å²) in [5.41, 5.74) is 0. The van der Waals surface area contributed by atoms with E-state index in [0.29, 0.717) is 21.9 Å². The number of aryl methyl sites for hydroxylation is 1. The molecule has 0 saturated carbocycles. The van der Waals surface area contributed by atoms with E-state index in [4.69, 9.17) is 16.3 Å². The number of ether oxygens (including phenoxy) is 1. The van der Waals surface area contributed by atoms with Crippen molar-refractivity contribution < 1.29 is 13.9 Å². The summed E-state index contributed by atoms with van der Waals surface area (Å²) in [5.74, 6) is 0.419. The molecule has 1 aromatic carbocycles. The highest BCUT2D eigenvalue weighted by molar-refractivity contribution is 7.99. The number of aromatic nitrogens is 5. The Kier molecular flexibility index (Phi) is 6.81. The molecule has 1 N–H and O–H groups in total. The first-order valence-electron chi connectivity index (χ1n) is 8.17. The predicted molar refractivity (Wildman–Crippen MR) is 105 cm³/mol. The Morgan fingerprint density at radius 2 is 2.18 bits per heavy atom. The molecule has 0 bridgehead atoms. The fourth-order valence-electron chi connectivity index (χ4n) is 2.04. The average Bonchev–Trinajstić information content (AvgIpc) is 3.27. The number of amides is 1. The first-order chi connectivity index (χ1) is 13.5. The highest BCUT2D eigenvalue weighted by Gasteiger charge is 2.13. The Morgan fingerprint density at radius 1 is 1.36 bits per heavy atom. The number of thioether (sulfide) groups is 1. The summed E-state index contributed by atoms with van der Waals surface area (Å²) in [4.78, 5) is 12.1. The summed E-state index contributed by atoms with van der Waals surface area (Å²) >= 11 is 8.32. The highest BCUT2D eigenvalue weighted by atomic mass is 35.5. The molecule has 0 aliphatic rings. The molecular weight excluding hydrogens is 427 g/mol. The van der Waals surface area contributed by atoms with Gasteiger partial charge in [-0.05, 0) is 18.6 Å². The molecular formula is C16H16ClFN6O2S2.